The maximum Gasteiger partial charge on any atom is 0.416 e. The van der Waals surface area contributed by atoms with E-state index in [-0.39, 0.29) is 17.3 Å². The van der Waals surface area contributed by atoms with Gasteiger partial charge in [0, 0.05) is 37.9 Å². The quantitative estimate of drug-likeness (QED) is 0.428. The monoisotopic (exact) mass is 482 g/mol. The molecule has 0 unspecified atom stereocenters. The van der Waals surface area contributed by atoms with Crippen molar-refractivity contribution in [3.8, 4) is 11.1 Å². The number of rotatable bonds is 4. The predicted molar refractivity (Wildman–Crippen MR) is 126 cm³/mol. The SMILES string of the molecule is CN(C)C(=O)c1cc(-c2ccc(NC(=O)Nc3cccc(C(F)(F)F)c3)cc2)c2cnn(C)c2n1. The first kappa shape index (κ1) is 23.7. The highest BCUT2D eigenvalue weighted by Crippen LogP contribution is 2.31. The number of carbonyl (C=O) groups is 2. The standard InChI is InChI=1S/C24H21F3N6O2/c1-32(2)22(34)20-12-18(19-13-28-33(3)21(19)31-20)14-7-9-16(10-8-14)29-23(35)30-17-6-4-5-15(11-17)24(25,26)27/h4-13H,1-3H3,(H2,29,30,35). The number of nitrogens with zero attached hydrogens (tertiary/aromatic N) is 4. The van der Waals surface area contributed by atoms with E-state index in [2.05, 4.69) is 20.7 Å². The van der Waals surface area contributed by atoms with Crippen molar-refractivity contribution in [1.29, 1.82) is 0 Å². The van der Waals surface area contributed by atoms with Crippen LogP contribution in [0.1, 0.15) is 16.1 Å². The normalized spacial score (nSPS) is 11.4. The minimum absolute atomic E-state index is 0.0165. The molecule has 0 radical (unpaired) electrons. The third kappa shape index (κ3) is 5.08. The summed E-state index contributed by atoms with van der Waals surface area (Å²) in [5.41, 5.74) is 1.92. The Morgan fingerprint density at radius 3 is 2.31 bits per heavy atom. The summed E-state index contributed by atoms with van der Waals surface area (Å²) in [5, 5.41) is 9.98. The van der Waals surface area contributed by atoms with E-state index >= 15 is 0 Å². The van der Waals surface area contributed by atoms with E-state index in [9.17, 15) is 22.8 Å². The molecule has 35 heavy (non-hydrogen) atoms. The van der Waals surface area contributed by atoms with Gasteiger partial charge in [0.2, 0.25) is 0 Å². The van der Waals surface area contributed by atoms with Gasteiger partial charge in [-0.1, -0.05) is 18.2 Å². The lowest BCUT2D eigenvalue weighted by atomic mass is 10.0. The molecule has 2 heterocycles. The number of alkyl halides is 3. The summed E-state index contributed by atoms with van der Waals surface area (Å²) >= 11 is 0. The van der Waals surface area contributed by atoms with Gasteiger partial charge >= 0.3 is 12.2 Å². The Hall–Kier alpha value is -4.41. The van der Waals surface area contributed by atoms with E-state index < -0.39 is 17.8 Å². The number of amides is 3. The zero-order chi connectivity index (χ0) is 25.3. The third-order valence-corrected chi connectivity index (χ3v) is 5.23. The van der Waals surface area contributed by atoms with Gasteiger partial charge in [0.25, 0.3) is 5.91 Å². The summed E-state index contributed by atoms with van der Waals surface area (Å²) in [4.78, 5) is 30.7. The van der Waals surface area contributed by atoms with Crippen LogP contribution in [0.5, 0.6) is 0 Å². The Bertz CT molecular complexity index is 1410. The van der Waals surface area contributed by atoms with Crippen molar-refractivity contribution in [3.05, 3.63) is 72.1 Å². The Balaban J connectivity index is 1.56. The second kappa shape index (κ2) is 9.09. The molecular formula is C24H21F3N6O2. The molecule has 0 atom stereocenters. The summed E-state index contributed by atoms with van der Waals surface area (Å²) in [6.45, 7) is 0. The van der Waals surface area contributed by atoms with Gasteiger partial charge in [-0.25, -0.2) is 9.78 Å². The number of hydrogen-bond donors (Lipinski definition) is 2. The van der Waals surface area contributed by atoms with Crippen molar-refractivity contribution in [1.82, 2.24) is 19.7 Å². The molecule has 0 aliphatic carbocycles. The van der Waals surface area contributed by atoms with Crippen LogP contribution in [0.4, 0.5) is 29.3 Å². The molecule has 4 rings (SSSR count). The van der Waals surface area contributed by atoms with Crippen LogP contribution in [-0.4, -0.2) is 45.7 Å². The van der Waals surface area contributed by atoms with Crippen LogP contribution >= 0.6 is 0 Å². The van der Waals surface area contributed by atoms with E-state index in [0.717, 1.165) is 28.6 Å². The number of pyridine rings is 1. The number of urea groups is 1. The maximum absolute atomic E-state index is 12.9. The van der Waals surface area contributed by atoms with Gasteiger partial charge in [-0.15, -0.1) is 0 Å². The summed E-state index contributed by atoms with van der Waals surface area (Å²) in [5.74, 6) is -0.251. The molecule has 4 aromatic rings. The zero-order valence-electron chi connectivity index (χ0n) is 19.0. The lowest BCUT2D eigenvalue weighted by Crippen LogP contribution is -2.23. The fourth-order valence-electron chi connectivity index (χ4n) is 3.49. The number of aryl methyl sites for hydroxylation is 1. The molecule has 0 spiro atoms. The lowest BCUT2D eigenvalue weighted by Gasteiger charge is -2.13. The van der Waals surface area contributed by atoms with E-state index in [1.807, 2.05) is 0 Å². The molecule has 0 fully saturated rings. The minimum Gasteiger partial charge on any atom is -0.343 e. The Kier molecular flexibility index (Phi) is 6.16. The molecule has 8 nitrogen and oxygen atoms in total. The second-order valence-electron chi connectivity index (χ2n) is 8.00. The summed E-state index contributed by atoms with van der Waals surface area (Å²) < 4.78 is 40.2. The highest BCUT2D eigenvalue weighted by molar-refractivity contribution is 6.01. The van der Waals surface area contributed by atoms with Crippen molar-refractivity contribution in [2.45, 2.75) is 6.18 Å². The maximum atomic E-state index is 12.9. The molecular weight excluding hydrogens is 461 g/mol. The summed E-state index contributed by atoms with van der Waals surface area (Å²) in [6, 6.07) is 12.2. The van der Waals surface area contributed by atoms with Gasteiger partial charge in [-0.3, -0.25) is 9.48 Å². The summed E-state index contributed by atoms with van der Waals surface area (Å²) in [6.07, 6.45) is -2.84. The fourth-order valence-corrected chi connectivity index (χ4v) is 3.49. The van der Waals surface area contributed by atoms with Gasteiger partial charge in [0.05, 0.1) is 11.8 Å². The molecule has 0 aliphatic heterocycles. The van der Waals surface area contributed by atoms with Gasteiger partial charge < -0.3 is 15.5 Å². The van der Waals surface area contributed by atoms with E-state index in [1.54, 1.807) is 62.4 Å². The molecule has 0 bridgehead atoms. The number of benzene rings is 2. The topological polar surface area (TPSA) is 92.2 Å². The molecule has 2 N–H and O–H groups in total. The highest BCUT2D eigenvalue weighted by Gasteiger charge is 2.30. The molecule has 180 valence electrons. The van der Waals surface area contributed by atoms with Crippen molar-refractivity contribution < 1.29 is 22.8 Å². The van der Waals surface area contributed by atoms with Crippen LogP contribution in [0.3, 0.4) is 0 Å². The fraction of sp³-hybridized carbons (Fsp3) is 0.167. The van der Waals surface area contributed by atoms with Gasteiger partial charge in [0.1, 0.15) is 5.69 Å². The first-order chi connectivity index (χ1) is 16.5. The molecule has 11 heteroatoms. The smallest absolute Gasteiger partial charge is 0.343 e. The third-order valence-electron chi connectivity index (χ3n) is 5.23. The van der Waals surface area contributed by atoms with E-state index in [4.69, 9.17) is 0 Å². The number of fused-ring (bicyclic) bond motifs is 1. The Labute approximate surface area is 198 Å². The minimum atomic E-state index is -4.51. The summed E-state index contributed by atoms with van der Waals surface area (Å²) in [7, 11) is 5.02. The van der Waals surface area contributed by atoms with Gasteiger partial charge in [-0.05, 0) is 47.5 Å². The van der Waals surface area contributed by atoms with Crippen LogP contribution in [0.2, 0.25) is 0 Å². The zero-order valence-corrected chi connectivity index (χ0v) is 19.0. The number of aromatic nitrogens is 3. The van der Waals surface area contributed by atoms with Crippen LogP contribution in [-0.2, 0) is 13.2 Å². The number of carbonyl (C=O) groups excluding carboxylic acids is 2. The molecule has 2 aromatic carbocycles. The Morgan fingerprint density at radius 2 is 1.66 bits per heavy atom. The first-order valence-corrected chi connectivity index (χ1v) is 10.4. The molecule has 2 aromatic heterocycles. The van der Waals surface area contributed by atoms with Crippen LogP contribution in [0, 0.1) is 0 Å². The average Bonchev–Trinajstić information content (AvgIpc) is 3.18. The van der Waals surface area contributed by atoms with Crippen molar-refractivity contribution in [2.24, 2.45) is 7.05 Å². The lowest BCUT2D eigenvalue weighted by molar-refractivity contribution is -0.137. The van der Waals surface area contributed by atoms with E-state index in [1.165, 1.54) is 17.0 Å². The van der Waals surface area contributed by atoms with Crippen LogP contribution < -0.4 is 10.6 Å². The molecule has 0 saturated carbocycles. The second-order valence-corrected chi connectivity index (χ2v) is 8.00. The number of halogens is 3. The van der Waals surface area contributed by atoms with Crippen molar-refractivity contribution >= 4 is 34.3 Å². The number of anilines is 2. The largest absolute Gasteiger partial charge is 0.416 e. The van der Waals surface area contributed by atoms with Crippen LogP contribution in [0.15, 0.2) is 60.8 Å². The van der Waals surface area contributed by atoms with Gasteiger partial charge in [0.15, 0.2) is 5.65 Å². The predicted octanol–water partition coefficient (Wildman–Crippen LogP) is 5.00. The first-order valence-electron chi connectivity index (χ1n) is 10.4. The number of hydrogen-bond acceptors (Lipinski definition) is 4. The van der Waals surface area contributed by atoms with Crippen molar-refractivity contribution in [3.63, 3.8) is 0 Å². The molecule has 0 aliphatic rings. The van der Waals surface area contributed by atoms with Crippen molar-refractivity contribution in [2.75, 3.05) is 24.7 Å². The Morgan fingerprint density at radius 1 is 0.971 bits per heavy atom. The highest BCUT2D eigenvalue weighted by atomic mass is 19.4. The number of nitrogens with one attached hydrogen (secondary N) is 2. The van der Waals surface area contributed by atoms with Crippen LogP contribution in [0.25, 0.3) is 22.2 Å². The van der Waals surface area contributed by atoms with Gasteiger partial charge in [-0.2, -0.15) is 18.3 Å². The van der Waals surface area contributed by atoms with E-state index in [0.29, 0.717) is 11.3 Å². The average molecular weight is 482 g/mol. The molecule has 3 amide bonds. The molecule has 0 saturated heterocycles.